The number of urea groups is 1. The minimum atomic E-state index is -0.808. The van der Waals surface area contributed by atoms with Gasteiger partial charge in [-0.2, -0.15) is 0 Å². The van der Waals surface area contributed by atoms with Crippen molar-refractivity contribution in [3.8, 4) is 5.75 Å². The van der Waals surface area contributed by atoms with Gasteiger partial charge in [-0.05, 0) is 45.5 Å². The van der Waals surface area contributed by atoms with Crippen LogP contribution in [0.2, 0.25) is 0 Å². The Morgan fingerprint density at radius 2 is 1.87 bits per heavy atom. The fourth-order valence-corrected chi connectivity index (χ4v) is 2.61. The molecule has 1 aliphatic heterocycles. The normalized spacial score (nSPS) is 18.3. The van der Waals surface area contributed by atoms with Crippen molar-refractivity contribution in [1.82, 2.24) is 15.1 Å². The van der Waals surface area contributed by atoms with Crippen molar-refractivity contribution in [2.24, 2.45) is 0 Å². The molecule has 1 heterocycles. The van der Waals surface area contributed by atoms with E-state index in [0.29, 0.717) is 13.1 Å². The third-order valence-electron chi connectivity index (χ3n) is 4.38. The Kier molecular flexibility index (Phi) is 4.94. The molecule has 0 radical (unpaired) electrons. The lowest BCUT2D eigenvalue weighted by Crippen LogP contribution is -2.41. The number of hydrogen-bond acceptors (Lipinski definition) is 4. The average Bonchev–Trinajstić information content (AvgIpc) is 2.72. The summed E-state index contributed by atoms with van der Waals surface area (Å²) in [5, 5.41) is 2.70. The van der Waals surface area contributed by atoms with Crippen molar-refractivity contribution in [2.45, 2.75) is 32.4 Å². The predicted molar refractivity (Wildman–Crippen MR) is 88.4 cm³/mol. The Morgan fingerprint density at radius 1 is 1.26 bits per heavy atom. The SMILES string of the molecule is COc1ccc(C(C)N(C)CCN2C(=O)NC(C)(C)C2=O)cc1. The first-order valence-electron chi connectivity index (χ1n) is 7.74. The van der Waals surface area contributed by atoms with Crippen LogP contribution >= 0.6 is 0 Å². The van der Waals surface area contributed by atoms with Crippen LogP contribution in [0.1, 0.15) is 32.4 Å². The van der Waals surface area contributed by atoms with Crippen LogP contribution < -0.4 is 10.1 Å². The van der Waals surface area contributed by atoms with Gasteiger partial charge in [-0.1, -0.05) is 12.1 Å². The average molecular weight is 319 g/mol. The predicted octanol–water partition coefficient (Wildman–Crippen LogP) is 2.02. The highest BCUT2D eigenvalue weighted by molar-refractivity contribution is 6.06. The third kappa shape index (κ3) is 3.64. The Hall–Kier alpha value is -2.08. The maximum atomic E-state index is 12.2. The van der Waals surface area contributed by atoms with E-state index >= 15 is 0 Å². The molecule has 6 heteroatoms. The molecule has 2 rings (SSSR count). The zero-order valence-corrected chi connectivity index (χ0v) is 14.4. The standard InChI is InChI=1S/C17H25N3O3/c1-12(13-6-8-14(23-5)9-7-13)19(4)10-11-20-15(21)17(2,3)18-16(20)22/h6-9,12H,10-11H2,1-5H3,(H,18,22). The summed E-state index contributed by atoms with van der Waals surface area (Å²) in [6.07, 6.45) is 0. The van der Waals surface area contributed by atoms with E-state index in [-0.39, 0.29) is 18.0 Å². The van der Waals surface area contributed by atoms with Gasteiger partial charge >= 0.3 is 6.03 Å². The van der Waals surface area contributed by atoms with E-state index in [9.17, 15) is 9.59 Å². The molecule has 126 valence electrons. The minimum absolute atomic E-state index is 0.173. The van der Waals surface area contributed by atoms with Crippen LogP contribution in [0, 0.1) is 0 Å². The number of nitrogens with one attached hydrogen (secondary N) is 1. The quantitative estimate of drug-likeness (QED) is 0.815. The monoisotopic (exact) mass is 319 g/mol. The van der Waals surface area contributed by atoms with Gasteiger partial charge in [-0.15, -0.1) is 0 Å². The number of rotatable bonds is 6. The topological polar surface area (TPSA) is 61.9 Å². The van der Waals surface area contributed by atoms with Crippen LogP contribution in [0.15, 0.2) is 24.3 Å². The van der Waals surface area contributed by atoms with Gasteiger partial charge in [-0.3, -0.25) is 14.6 Å². The second-order valence-electron chi connectivity index (χ2n) is 6.44. The van der Waals surface area contributed by atoms with E-state index in [2.05, 4.69) is 17.1 Å². The van der Waals surface area contributed by atoms with Crippen LogP contribution in [0.4, 0.5) is 4.79 Å². The summed E-state index contributed by atoms with van der Waals surface area (Å²) >= 11 is 0. The molecule has 23 heavy (non-hydrogen) atoms. The highest BCUT2D eigenvalue weighted by Gasteiger charge is 2.43. The van der Waals surface area contributed by atoms with E-state index in [1.165, 1.54) is 4.90 Å². The highest BCUT2D eigenvalue weighted by Crippen LogP contribution is 2.22. The molecule has 0 aliphatic carbocycles. The zero-order valence-electron chi connectivity index (χ0n) is 14.4. The zero-order chi connectivity index (χ0) is 17.2. The minimum Gasteiger partial charge on any atom is -0.497 e. The van der Waals surface area contributed by atoms with Gasteiger partial charge in [0.05, 0.1) is 7.11 Å². The molecule has 0 aromatic heterocycles. The number of nitrogens with zero attached hydrogens (tertiary/aromatic N) is 2. The number of carbonyl (C=O) groups excluding carboxylic acids is 2. The first-order valence-corrected chi connectivity index (χ1v) is 7.74. The molecule has 1 unspecified atom stereocenters. The van der Waals surface area contributed by atoms with Gasteiger partial charge in [0.15, 0.2) is 0 Å². The van der Waals surface area contributed by atoms with E-state index in [1.54, 1.807) is 21.0 Å². The number of carbonyl (C=O) groups is 2. The fraction of sp³-hybridized carbons (Fsp3) is 0.529. The van der Waals surface area contributed by atoms with Gasteiger partial charge in [-0.25, -0.2) is 4.79 Å². The Bertz CT molecular complexity index is 583. The number of hydrogen-bond donors (Lipinski definition) is 1. The summed E-state index contributed by atoms with van der Waals surface area (Å²) in [5.41, 5.74) is 0.350. The van der Waals surface area contributed by atoms with Gasteiger partial charge in [0, 0.05) is 19.1 Å². The van der Waals surface area contributed by atoms with Crippen molar-refractivity contribution >= 4 is 11.9 Å². The molecular formula is C17H25N3O3. The molecule has 3 amide bonds. The Morgan fingerprint density at radius 3 is 2.35 bits per heavy atom. The lowest BCUT2D eigenvalue weighted by atomic mass is 10.1. The smallest absolute Gasteiger partial charge is 0.325 e. The molecule has 1 atom stereocenters. The van der Waals surface area contributed by atoms with E-state index in [0.717, 1.165) is 11.3 Å². The number of likely N-dealkylation sites (N-methyl/N-ethyl adjacent to an activating group) is 1. The lowest BCUT2D eigenvalue weighted by molar-refractivity contribution is -0.130. The molecule has 0 saturated carbocycles. The molecule has 1 aliphatic rings. The Labute approximate surface area is 137 Å². The van der Waals surface area contributed by atoms with Crippen molar-refractivity contribution in [2.75, 3.05) is 27.2 Å². The van der Waals surface area contributed by atoms with Crippen LogP contribution in [-0.2, 0) is 4.79 Å². The van der Waals surface area contributed by atoms with Crippen LogP contribution in [0.3, 0.4) is 0 Å². The number of benzene rings is 1. The second-order valence-corrected chi connectivity index (χ2v) is 6.44. The van der Waals surface area contributed by atoms with Crippen LogP contribution in [0.5, 0.6) is 5.75 Å². The van der Waals surface area contributed by atoms with E-state index < -0.39 is 5.54 Å². The molecule has 0 bridgehead atoms. The van der Waals surface area contributed by atoms with Gasteiger partial charge in [0.1, 0.15) is 11.3 Å². The maximum absolute atomic E-state index is 12.2. The number of methoxy groups -OCH3 is 1. The Balaban J connectivity index is 1.95. The van der Waals surface area contributed by atoms with Crippen LogP contribution in [-0.4, -0.2) is 54.5 Å². The van der Waals surface area contributed by atoms with Crippen LogP contribution in [0.25, 0.3) is 0 Å². The van der Waals surface area contributed by atoms with Gasteiger partial charge in [0.25, 0.3) is 5.91 Å². The van der Waals surface area contributed by atoms with E-state index in [1.807, 2.05) is 31.3 Å². The summed E-state index contributed by atoms with van der Waals surface area (Å²) in [4.78, 5) is 27.5. The fourth-order valence-electron chi connectivity index (χ4n) is 2.61. The summed E-state index contributed by atoms with van der Waals surface area (Å²) in [5.74, 6) is 0.651. The van der Waals surface area contributed by atoms with Crippen molar-refractivity contribution in [3.05, 3.63) is 29.8 Å². The molecule has 1 aromatic carbocycles. The summed E-state index contributed by atoms with van der Waals surface area (Å²) in [6, 6.07) is 7.77. The third-order valence-corrected chi connectivity index (χ3v) is 4.38. The number of ether oxygens (including phenoxy) is 1. The summed E-state index contributed by atoms with van der Waals surface area (Å²) < 4.78 is 5.17. The summed E-state index contributed by atoms with van der Waals surface area (Å²) in [6.45, 7) is 6.53. The number of amides is 3. The largest absolute Gasteiger partial charge is 0.497 e. The number of imide groups is 1. The lowest BCUT2D eigenvalue weighted by Gasteiger charge is -2.27. The second kappa shape index (κ2) is 6.58. The van der Waals surface area contributed by atoms with E-state index in [4.69, 9.17) is 4.74 Å². The molecule has 1 saturated heterocycles. The molecule has 0 spiro atoms. The highest BCUT2D eigenvalue weighted by atomic mass is 16.5. The summed E-state index contributed by atoms with van der Waals surface area (Å²) in [7, 11) is 3.63. The van der Waals surface area contributed by atoms with Crippen molar-refractivity contribution in [1.29, 1.82) is 0 Å². The first kappa shape index (κ1) is 17.3. The van der Waals surface area contributed by atoms with Gasteiger partial charge in [0.2, 0.25) is 0 Å². The molecule has 6 nitrogen and oxygen atoms in total. The first-order chi connectivity index (χ1) is 10.8. The van der Waals surface area contributed by atoms with Crippen molar-refractivity contribution < 1.29 is 14.3 Å². The molecular weight excluding hydrogens is 294 g/mol. The van der Waals surface area contributed by atoms with Crippen molar-refractivity contribution in [3.63, 3.8) is 0 Å². The molecule has 1 fully saturated rings. The molecule has 1 aromatic rings. The van der Waals surface area contributed by atoms with Gasteiger partial charge < -0.3 is 10.1 Å². The maximum Gasteiger partial charge on any atom is 0.325 e. The molecule has 1 N–H and O–H groups in total.